The number of carboxylic acid groups (broad SMARTS) is 1. The van der Waals surface area contributed by atoms with Crippen molar-refractivity contribution >= 4 is 23.8 Å². The highest BCUT2D eigenvalue weighted by Crippen LogP contribution is 2.35. The monoisotopic (exact) mass is 363 g/mol. The van der Waals surface area contributed by atoms with E-state index in [-0.39, 0.29) is 28.7 Å². The van der Waals surface area contributed by atoms with Gasteiger partial charge in [0.15, 0.2) is 17.6 Å². The molecule has 1 heterocycles. The number of nitro benzene ring substituents is 1. The summed E-state index contributed by atoms with van der Waals surface area (Å²) in [4.78, 5) is 25.6. The van der Waals surface area contributed by atoms with Gasteiger partial charge in [0.1, 0.15) is 0 Å². The van der Waals surface area contributed by atoms with Crippen molar-refractivity contribution in [1.29, 1.82) is 0 Å². The lowest BCUT2D eigenvalue weighted by Crippen LogP contribution is -2.23. The number of benzene rings is 1. The van der Waals surface area contributed by atoms with Crippen LogP contribution in [0, 0.1) is 17.0 Å². The van der Waals surface area contributed by atoms with Crippen molar-refractivity contribution in [3.63, 3.8) is 0 Å². The second-order valence-corrected chi connectivity index (χ2v) is 5.25. The molecule has 1 atom stereocenters. The molecule has 0 spiro atoms. The number of rotatable bonds is 7. The van der Waals surface area contributed by atoms with Gasteiger partial charge < -0.3 is 20.3 Å². The molecule has 0 aliphatic carbocycles. The van der Waals surface area contributed by atoms with E-state index in [4.69, 9.17) is 20.3 Å². The molecule has 3 N–H and O–H groups in total. The van der Waals surface area contributed by atoms with Crippen LogP contribution in [0.25, 0.3) is 0 Å². The molecule has 0 aliphatic heterocycles. The molecule has 0 saturated carbocycles. The molecule has 138 valence electrons. The molecular weight excluding hydrogens is 346 g/mol. The Kier molecular flexibility index (Phi) is 5.40. The van der Waals surface area contributed by atoms with Crippen molar-refractivity contribution in [2.45, 2.75) is 20.0 Å². The van der Waals surface area contributed by atoms with Gasteiger partial charge in [0.2, 0.25) is 5.95 Å². The summed E-state index contributed by atoms with van der Waals surface area (Å²) in [6, 6.07) is 2.33. The highest BCUT2D eigenvalue weighted by atomic mass is 16.6. The summed E-state index contributed by atoms with van der Waals surface area (Å²) < 4.78 is 11.8. The van der Waals surface area contributed by atoms with Gasteiger partial charge in [0.05, 0.1) is 36.2 Å². The number of nitrogens with two attached hydrogens (primary N) is 1. The number of anilines is 1. The minimum absolute atomic E-state index is 0.00327. The summed E-state index contributed by atoms with van der Waals surface area (Å²) in [5.41, 5.74) is 6.20. The van der Waals surface area contributed by atoms with Crippen LogP contribution in [0.3, 0.4) is 0 Å². The van der Waals surface area contributed by atoms with E-state index in [9.17, 15) is 14.9 Å². The molecule has 0 bridgehead atoms. The molecule has 11 nitrogen and oxygen atoms in total. The first kappa shape index (κ1) is 18.7. The van der Waals surface area contributed by atoms with Crippen LogP contribution >= 0.6 is 0 Å². The Morgan fingerprint density at radius 3 is 2.73 bits per heavy atom. The van der Waals surface area contributed by atoms with Crippen LogP contribution in [0.5, 0.6) is 11.5 Å². The number of carbonyl (C=O) groups is 1. The van der Waals surface area contributed by atoms with Crippen molar-refractivity contribution in [2.24, 2.45) is 5.10 Å². The predicted octanol–water partition coefficient (Wildman–Crippen LogP) is 1.42. The Morgan fingerprint density at radius 2 is 2.23 bits per heavy atom. The zero-order valence-electron chi connectivity index (χ0n) is 14.2. The number of non-ortho nitro benzene ring substituents is 1. The second kappa shape index (κ2) is 7.51. The molecule has 11 heteroatoms. The standard InChI is InChI=1S/C15H17N5O6/c1-8-7-19(15(16)18-8)17-6-10-4-11(20(23)24)5-12(25-3)13(10)26-9(2)14(21)22/h4-7,9H,1-3H3,(H2,16,18)(H,21,22). The fourth-order valence-electron chi connectivity index (χ4n) is 2.04. The van der Waals surface area contributed by atoms with Gasteiger partial charge in [-0.2, -0.15) is 5.10 Å². The van der Waals surface area contributed by atoms with E-state index in [0.29, 0.717) is 5.69 Å². The van der Waals surface area contributed by atoms with Crippen molar-refractivity contribution in [2.75, 3.05) is 12.8 Å². The molecule has 0 saturated heterocycles. The molecule has 26 heavy (non-hydrogen) atoms. The van der Waals surface area contributed by atoms with E-state index < -0.39 is 17.0 Å². The predicted molar refractivity (Wildman–Crippen MR) is 91.7 cm³/mol. The summed E-state index contributed by atoms with van der Waals surface area (Å²) in [6.07, 6.45) is 1.59. The Hall–Kier alpha value is -3.63. The number of aryl methyl sites for hydroxylation is 1. The zero-order valence-corrected chi connectivity index (χ0v) is 14.2. The number of carboxylic acids is 1. The number of nitro groups is 1. The van der Waals surface area contributed by atoms with Crippen LogP contribution in [0.1, 0.15) is 18.2 Å². The highest BCUT2D eigenvalue weighted by molar-refractivity contribution is 5.87. The largest absolute Gasteiger partial charge is 0.493 e. The van der Waals surface area contributed by atoms with Crippen molar-refractivity contribution in [3.05, 3.63) is 39.7 Å². The van der Waals surface area contributed by atoms with E-state index in [0.717, 1.165) is 6.07 Å². The lowest BCUT2D eigenvalue weighted by atomic mass is 10.1. The summed E-state index contributed by atoms with van der Waals surface area (Å²) >= 11 is 0. The van der Waals surface area contributed by atoms with Crippen LogP contribution in [0.2, 0.25) is 0 Å². The molecule has 0 fully saturated rings. The van der Waals surface area contributed by atoms with Crippen LogP contribution in [0.4, 0.5) is 11.6 Å². The Bertz CT molecular complexity index is 876. The molecule has 2 rings (SSSR count). The van der Waals surface area contributed by atoms with Crippen molar-refractivity contribution < 1.29 is 24.3 Å². The molecule has 0 amide bonds. The normalized spacial score (nSPS) is 12.1. The first-order chi connectivity index (χ1) is 12.2. The maximum atomic E-state index is 11.1. The second-order valence-electron chi connectivity index (χ2n) is 5.25. The topological polar surface area (TPSA) is 155 Å². The Morgan fingerprint density at radius 1 is 1.54 bits per heavy atom. The lowest BCUT2D eigenvalue weighted by Gasteiger charge is -2.15. The maximum absolute atomic E-state index is 11.1. The van der Waals surface area contributed by atoms with Gasteiger partial charge in [-0.15, -0.1) is 0 Å². The zero-order chi connectivity index (χ0) is 19.4. The lowest BCUT2D eigenvalue weighted by molar-refractivity contribution is -0.385. The van der Waals surface area contributed by atoms with Crippen LogP contribution in [-0.2, 0) is 4.79 Å². The van der Waals surface area contributed by atoms with E-state index >= 15 is 0 Å². The molecule has 1 unspecified atom stereocenters. The average Bonchev–Trinajstić information content (AvgIpc) is 2.90. The van der Waals surface area contributed by atoms with Gasteiger partial charge in [0.25, 0.3) is 5.69 Å². The average molecular weight is 363 g/mol. The highest BCUT2D eigenvalue weighted by Gasteiger charge is 2.22. The number of ether oxygens (including phenoxy) is 2. The Labute approximate surface area is 147 Å². The van der Waals surface area contributed by atoms with E-state index in [1.807, 2.05) is 0 Å². The molecular formula is C15H17N5O6. The number of nitrogen functional groups attached to an aromatic ring is 1. The minimum Gasteiger partial charge on any atom is -0.493 e. The number of hydrogen-bond donors (Lipinski definition) is 2. The van der Waals surface area contributed by atoms with Gasteiger partial charge >= 0.3 is 5.97 Å². The maximum Gasteiger partial charge on any atom is 0.344 e. The van der Waals surface area contributed by atoms with Gasteiger partial charge in [-0.3, -0.25) is 10.1 Å². The third-order valence-electron chi connectivity index (χ3n) is 3.30. The third kappa shape index (κ3) is 4.06. The number of imidazole rings is 1. The fourth-order valence-corrected chi connectivity index (χ4v) is 2.04. The summed E-state index contributed by atoms with van der Waals surface area (Å²) in [7, 11) is 1.29. The summed E-state index contributed by atoms with van der Waals surface area (Å²) in [6.45, 7) is 3.04. The number of methoxy groups -OCH3 is 1. The van der Waals surface area contributed by atoms with Gasteiger partial charge in [0, 0.05) is 11.6 Å². The SMILES string of the molecule is COc1cc([N+](=O)[O-])cc(C=Nn2cc(C)nc2N)c1OC(C)C(=O)O. The first-order valence-corrected chi connectivity index (χ1v) is 7.34. The smallest absolute Gasteiger partial charge is 0.344 e. The van der Waals surface area contributed by atoms with E-state index in [2.05, 4.69) is 10.1 Å². The quantitative estimate of drug-likeness (QED) is 0.425. The fraction of sp³-hybridized carbons (Fsp3) is 0.267. The third-order valence-corrected chi connectivity index (χ3v) is 3.30. The summed E-state index contributed by atoms with van der Waals surface area (Å²) in [5.74, 6) is -1.07. The minimum atomic E-state index is -1.21. The Balaban J connectivity index is 2.55. The van der Waals surface area contributed by atoms with Crippen molar-refractivity contribution in [3.8, 4) is 11.5 Å². The molecule has 1 aromatic carbocycles. The van der Waals surface area contributed by atoms with Gasteiger partial charge in [-0.25, -0.2) is 14.5 Å². The molecule has 0 aliphatic rings. The van der Waals surface area contributed by atoms with E-state index in [1.54, 1.807) is 13.1 Å². The van der Waals surface area contributed by atoms with Crippen LogP contribution in [-0.4, -0.2) is 45.1 Å². The molecule has 2 aromatic rings. The number of aromatic nitrogens is 2. The summed E-state index contributed by atoms with van der Waals surface area (Å²) in [5, 5.41) is 24.3. The van der Waals surface area contributed by atoms with Gasteiger partial charge in [-0.05, 0) is 13.8 Å². The molecule has 1 aromatic heterocycles. The molecule has 0 radical (unpaired) electrons. The number of nitrogens with zero attached hydrogens (tertiary/aromatic N) is 4. The number of aliphatic carboxylic acids is 1. The van der Waals surface area contributed by atoms with Crippen LogP contribution < -0.4 is 15.2 Å². The van der Waals surface area contributed by atoms with Crippen LogP contribution in [0.15, 0.2) is 23.4 Å². The van der Waals surface area contributed by atoms with Crippen molar-refractivity contribution in [1.82, 2.24) is 9.66 Å². The van der Waals surface area contributed by atoms with Gasteiger partial charge in [-0.1, -0.05) is 0 Å². The number of hydrogen-bond acceptors (Lipinski definition) is 8. The first-order valence-electron chi connectivity index (χ1n) is 7.34. The van der Waals surface area contributed by atoms with E-state index in [1.165, 1.54) is 31.0 Å².